The molecular formula is C22H17FIN3O2. The first kappa shape index (κ1) is 19.4. The molecule has 3 aromatic carbocycles. The van der Waals surface area contributed by atoms with Crippen molar-refractivity contribution < 1.29 is 9.13 Å². The van der Waals surface area contributed by atoms with Crippen LogP contribution in [0.25, 0.3) is 16.6 Å². The van der Waals surface area contributed by atoms with Gasteiger partial charge in [-0.2, -0.15) is 0 Å². The van der Waals surface area contributed by atoms with Crippen LogP contribution in [-0.4, -0.2) is 16.7 Å². The molecule has 146 valence electrons. The number of nitrogens with one attached hydrogen (secondary N) is 1. The molecule has 1 N–H and O–H groups in total. The fourth-order valence-electron chi connectivity index (χ4n) is 3.06. The zero-order valence-electron chi connectivity index (χ0n) is 15.5. The lowest BCUT2D eigenvalue weighted by molar-refractivity contribution is 0.414. The van der Waals surface area contributed by atoms with Crippen molar-refractivity contribution in [1.82, 2.24) is 9.55 Å². The first-order valence-corrected chi connectivity index (χ1v) is 9.98. The van der Waals surface area contributed by atoms with Crippen molar-refractivity contribution in [1.29, 1.82) is 0 Å². The molecule has 0 unspecified atom stereocenters. The van der Waals surface area contributed by atoms with E-state index >= 15 is 0 Å². The summed E-state index contributed by atoms with van der Waals surface area (Å²) in [5.41, 5.74) is 1.74. The predicted molar refractivity (Wildman–Crippen MR) is 120 cm³/mol. The van der Waals surface area contributed by atoms with Gasteiger partial charge in [0, 0.05) is 10.1 Å². The van der Waals surface area contributed by atoms with Crippen LogP contribution < -0.4 is 15.6 Å². The third kappa shape index (κ3) is 4.09. The fraction of sp³-hybridized carbons (Fsp3) is 0.0909. The number of hydrogen-bond donors (Lipinski definition) is 1. The highest BCUT2D eigenvalue weighted by atomic mass is 127. The molecule has 0 bridgehead atoms. The number of hydrogen-bond acceptors (Lipinski definition) is 4. The van der Waals surface area contributed by atoms with Gasteiger partial charge in [0.2, 0.25) is 5.95 Å². The summed E-state index contributed by atoms with van der Waals surface area (Å²) in [5, 5.41) is 3.70. The van der Waals surface area contributed by atoms with E-state index in [2.05, 4.69) is 32.9 Å². The number of anilines is 1. The van der Waals surface area contributed by atoms with E-state index in [1.165, 1.54) is 16.7 Å². The Kier molecular flexibility index (Phi) is 5.48. The number of ether oxygens (including phenoxy) is 1. The molecule has 4 rings (SSSR count). The zero-order chi connectivity index (χ0) is 20.4. The molecule has 7 heteroatoms. The third-order valence-electron chi connectivity index (χ3n) is 4.51. The first-order valence-electron chi connectivity index (χ1n) is 8.90. The second-order valence-electron chi connectivity index (χ2n) is 6.42. The van der Waals surface area contributed by atoms with Gasteiger partial charge in [-0.1, -0.05) is 18.2 Å². The van der Waals surface area contributed by atoms with E-state index in [1.54, 1.807) is 25.3 Å². The lowest BCUT2D eigenvalue weighted by atomic mass is 10.2. The smallest absolute Gasteiger partial charge is 0.267 e. The number of benzene rings is 3. The van der Waals surface area contributed by atoms with Crippen LogP contribution in [0.2, 0.25) is 0 Å². The Morgan fingerprint density at radius 2 is 1.90 bits per heavy atom. The molecule has 0 spiro atoms. The van der Waals surface area contributed by atoms with E-state index in [1.807, 2.05) is 36.4 Å². The highest BCUT2D eigenvalue weighted by Crippen LogP contribution is 2.20. The highest BCUT2D eigenvalue weighted by Gasteiger charge is 2.14. The summed E-state index contributed by atoms with van der Waals surface area (Å²) >= 11 is 2.15. The molecule has 0 radical (unpaired) electrons. The summed E-state index contributed by atoms with van der Waals surface area (Å²) in [6, 6.07) is 19.0. The van der Waals surface area contributed by atoms with Crippen LogP contribution in [0, 0.1) is 9.39 Å². The Bertz CT molecular complexity index is 1240. The van der Waals surface area contributed by atoms with Gasteiger partial charge in [0.15, 0.2) is 0 Å². The van der Waals surface area contributed by atoms with Crippen LogP contribution in [0.3, 0.4) is 0 Å². The van der Waals surface area contributed by atoms with E-state index in [0.717, 1.165) is 14.9 Å². The molecule has 1 heterocycles. The van der Waals surface area contributed by atoms with Crippen molar-refractivity contribution in [3.05, 3.63) is 92.0 Å². The molecule has 4 aromatic rings. The van der Waals surface area contributed by atoms with Gasteiger partial charge >= 0.3 is 0 Å². The van der Waals surface area contributed by atoms with Gasteiger partial charge in [-0.05, 0) is 76.7 Å². The summed E-state index contributed by atoms with van der Waals surface area (Å²) in [5.74, 6) is 0.701. The molecule has 0 aliphatic heterocycles. The topological polar surface area (TPSA) is 56.1 Å². The maximum absolute atomic E-state index is 13.8. The highest BCUT2D eigenvalue weighted by molar-refractivity contribution is 14.1. The molecule has 29 heavy (non-hydrogen) atoms. The zero-order valence-corrected chi connectivity index (χ0v) is 17.7. The number of methoxy groups -OCH3 is 1. The summed E-state index contributed by atoms with van der Waals surface area (Å²) in [4.78, 5) is 17.9. The normalized spacial score (nSPS) is 10.9. The SMILES string of the molecule is COc1ccc(CNc2nc3ccc(I)cc3c(=O)n2-c2cccc(F)c2)cc1. The van der Waals surface area contributed by atoms with Crippen molar-refractivity contribution in [2.75, 3.05) is 12.4 Å². The molecule has 0 saturated heterocycles. The van der Waals surface area contributed by atoms with Crippen LogP contribution in [0.5, 0.6) is 5.75 Å². The van der Waals surface area contributed by atoms with Gasteiger partial charge in [-0.3, -0.25) is 4.79 Å². The molecule has 0 aliphatic rings. The lowest BCUT2D eigenvalue weighted by Crippen LogP contribution is -2.24. The summed E-state index contributed by atoms with van der Waals surface area (Å²) < 4.78 is 21.4. The average Bonchev–Trinajstić information content (AvgIpc) is 2.73. The summed E-state index contributed by atoms with van der Waals surface area (Å²) in [6.45, 7) is 0.446. The van der Waals surface area contributed by atoms with Gasteiger partial charge in [-0.25, -0.2) is 13.9 Å². The summed E-state index contributed by atoms with van der Waals surface area (Å²) in [7, 11) is 1.62. The van der Waals surface area contributed by atoms with E-state index in [-0.39, 0.29) is 5.56 Å². The van der Waals surface area contributed by atoms with E-state index < -0.39 is 5.82 Å². The van der Waals surface area contributed by atoms with Crippen molar-refractivity contribution in [3.8, 4) is 11.4 Å². The van der Waals surface area contributed by atoms with Crippen LogP contribution in [0.15, 0.2) is 71.5 Å². The quantitative estimate of drug-likeness (QED) is 0.402. The molecule has 1 aromatic heterocycles. The van der Waals surface area contributed by atoms with Crippen molar-refractivity contribution in [2.24, 2.45) is 0 Å². The Balaban J connectivity index is 1.81. The van der Waals surface area contributed by atoms with Crippen LogP contribution in [0.1, 0.15) is 5.56 Å². The minimum atomic E-state index is -0.418. The lowest BCUT2D eigenvalue weighted by Gasteiger charge is -2.15. The molecule has 0 saturated carbocycles. The standard InChI is InChI=1S/C22H17FIN3O2/c1-29-18-8-5-14(6-9-18)13-25-22-26-20-10-7-16(24)12-19(20)21(28)27(22)17-4-2-3-15(23)11-17/h2-12H,13H2,1H3,(H,25,26). The summed E-state index contributed by atoms with van der Waals surface area (Å²) in [6.07, 6.45) is 0. The minimum absolute atomic E-state index is 0.253. The predicted octanol–water partition coefficient (Wildman–Crippen LogP) is 4.75. The van der Waals surface area contributed by atoms with Crippen molar-refractivity contribution in [2.45, 2.75) is 6.54 Å². The number of fused-ring (bicyclic) bond motifs is 1. The molecule has 0 atom stereocenters. The molecular weight excluding hydrogens is 484 g/mol. The number of aromatic nitrogens is 2. The Morgan fingerprint density at radius 3 is 2.62 bits per heavy atom. The van der Waals surface area contributed by atoms with Crippen LogP contribution in [-0.2, 0) is 6.54 Å². The second-order valence-corrected chi connectivity index (χ2v) is 7.66. The Labute approximate surface area is 180 Å². The maximum atomic E-state index is 13.8. The Hall–Kier alpha value is -2.94. The van der Waals surface area contributed by atoms with Gasteiger partial charge in [0.25, 0.3) is 5.56 Å². The molecule has 0 aliphatic carbocycles. The monoisotopic (exact) mass is 501 g/mol. The van der Waals surface area contributed by atoms with Crippen LogP contribution in [0.4, 0.5) is 10.3 Å². The number of halogens is 2. The molecule has 5 nitrogen and oxygen atoms in total. The second kappa shape index (κ2) is 8.20. The van der Waals surface area contributed by atoms with Crippen molar-refractivity contribution in [3.63, 3.8) is 0 Å². The first-order chi connectivity index (χ1) is 14.0. The van der Waals surface area contributed by atoms with Gasteiger partial charge < -0.3 is 10.1 Å². The van der Waals surface area contributed by atoms with Gasteiger partial charge in [0.1, 0.15) is 11.6 Å². The number of nitrogens with zero attached hydrogens (tertiary/aromatic N) is 2. The molecule has 0 fully saturated rings. The van der Waals surface area contributed by atoms with Gasteiger partial charge in [-0.15, -0.1) is 0 Å². The van der Waals surface area contributed by atoms with E-state index in [9.17, 15) is 9.18 Å². The van der Waals surface area contributed by atoms with Gasteiger partial charge in [0.05, 0.1) is 23.7 Å². The molecule has 0 amide bonds. The number of rotatable bonds is 5. The fourth-order valence-corrected chi connectivity index (χ4v) is 3.55. The van der Waals surface area contributed by atoms with Crippen molar-refractivity contribution >= 4 is 39.4 Å². The minimum Gasteiger partial charge on any atom is -0.497 e. The average molecular weight is 501 g/mol. The Morgan fingerprint density at radius 1 is 1.10 bits per heavy atom. The van der Waals surface area contributed by atoms with E-state index in [0.29, 0.717) is 29.1 Å². The largest absolute Gasteiger partial charge is 0.497 e. The maximum Gasteiger partial charge on any atom is 0.267 e. The third-order valence-corrected chi connectivity index (χ3v) is 5.18. The van der Waals surface area contributed by atoms with Crippen LogP contribution >= 0.6 is 22.6 Å². The van der Waals surface area contributed by atoms with E-state index in [4.69, 9.17) is 4.74 Å².